The maximum Gasteiger partial charge on any atom is 0.0634 e. The van der Waals surface area contributed by atoms with Crippen molar-refractivity contribution in [1.29, 1.82) is 0 Å². The van der Waals surface area contributed by atoms with Gasteiger partial charge in [-0.1, -0.05) is 11.6 Å². The van der Waals surface area contributed by atoms with Gasteiger partial charge in [0.15, 0.2) is 0 Å². The molecule has 4 heteroatoms. The lowest BCUT2D eigenvalue weighted by molar-refractivity contribution is 1.06. The van der Waals surface area contributed by atoms with E-state index in [1.807, 2.05) is 6.07 Å². The lowest BCUT2D eigenvalue weighted by atomic mass is 10.3. The second kappa shape index (κ2) is 4.50. The Labute approximate surface area is 70.8 Å². The van der Waals surface area contributed by atoms with E-state index in [9.17, 15) is 0 Å². The van der Waals surface area contributed by atoms with Gasteiger partial charge in [-0.15, -0.1) is 12.4 Å². The van der Waals surface area contributed by atoms with Gasteiger partial charge in [-0.25, -0.2) is 0 Å². The molecule has 1 aromatic rings. The van der Waals surface area contributed by atoms with Gasteiger partial charge < -0.3 is 5.73 Å². The van der Waals surface area contributed by atoms with Gasteiger partial charge in [-0.2, -0.15) is 0 Å². The van der Waals surface area contributed by atoms with Crippen molar-refractivity contribution < 1.29 is 0 Å². The smallest absolute Gasteiger partial charge is 0.0634 e. The highest BCUT2D eigenvalue weighted by Crippen LogP contribution is 2.11. The number of nitrogens with two attached hydrogens (primary N) is 1. The van der Waals surface area contributed by atoms with Crippen molar-refractivity contribution in [2.45, 2.75) is 6.54 Å². The molecule has 0 saturated carbocycles. The molecule has 0 bridgehead atoms. The molecule has 0 aliphatic carbocycles. The molecule has 1 rings (SSSR count). The van der Waals surface area contributed by atoms with Gasteiger partial charge in [-0.3, -0.25) is 4.98 Å². The molecule has 1 aromatic heterocycles. The number of hydrogen-bond acceptors (Lipinski definition) is 2. The molecule has 0 aromatic carbocycles. The van der Waals surface area contributed by atoms with Crippen LogP contribution in [0.2, 0.25) is 5.02 Å². The summed E-state index contributed by atoms with van der Waals surface area (Å²) in [6, 6.07) is 1.81. The Morgan fingerprint density at radius 3 is 2.70 bits per heavy atom. The van der Waals surface area contributed by atoms with Gasteiger partial charge in [0, 0.05) is 18.9 Å². The highest BCUT2D eigenvalue weighted by Gasteiger charge is 1.93. The van der Waals surface area contributed by atoms with Crippen LogP contribution in [0.15, 0.2) is 18.5 Å². The fourth-order valence-electron chi connectivity index (χ4n) is 0.570. The van der Waals surface area contributed by atoms with Gasteiger partial charge in [0.25, 0.3) is 0 Å². The summed E-state index contributed by atoms with van der Waals surface area (Å²) in [6.07, 6.45) is 3.26. The Kier molecular flexibility index (Phi) is 4.36. The molecule has 0 fully saturated rings. The summed E-state index contributed by atoms with van der Waals surface area (Å²) in [5, 5.41) is 0.639. The number of hydrogen-bond donors (Lipinski definition) is 1. The lowest BCUT2D eigenvalue weighted by Crippen LogP contribution is -1.96. The molecule has 0 spiro atoms. The number of rotatable bonds is 1. The predicted octanol–water partition coefficient (Wildman–Crippen LogP) is 1.62. The summed E-state index contributed by atoms with van der Waals surface area (Å²) in [5.74, 6) is 0. The van der Waals surface area contributed by atoms with Crippen LogP contribution in [0, 0.1) is 0 Å². The normalized spacial score (nSPS) is 8.60. The maximum atomic E-state index is 5.68. The van der Waals surface area contributed by atoms with E-state index < -0.39 is 0 Å². The minimum absolute atomic E-state index is 0. The summed E-state index contributed by atoms with van der Waals surface area (Å²) in [7, 11) is 0. The van der Waals surface area contributed by atoms with Gasteiger partial charge in [-0.05, 0) is 11.6 Å². The van der Waals surface area contributed by atoms with E-state index in [0.29, 0.717) is 11.6 Å². The molecular formula is C6H8Cl2N2. The van der Waals surface area contributed by atoms with Gasteiger partial charge in [0.05, 0.1) is 5.02 Å². The van der Waals surface area contributed by atoms with E-state index in [1.54, 1.807) is 12.4 Å². The Balaban J connectivity index is 0.000000810. The van der Waals surface area contributed by atoms with E-state index >= 15 is 0 Å². The zero-order valence-corrected chi connectivity index (χ0v) is 6.82. The number of nitrogens with zero attached hydrogens (tertiary/aromatic N) is 1. The van der Waals surface area contributed by atoms with Crippen LogP contribution in [-0.2, 0) is 6.54 Å². The van der Waals surface area contributed by atoms with E-state index in [4.69, 9.17) is 17.3 Å². The van der Waals surface area contributed by atoms with Crippen LogP contribution < -0.4 is 5.73 Å². The summed E-state index contributed by atoms with van der Waals surface area (Å²) >= 11 is 5.68. The average molecular weight is 179 g/mol. The van der Waals surface area contributed by atoms with E-state index in [2.05, 4.69) is 4.98 Å². The standard InChI is InChI=1S/C6H7ClN2.ClH/c7-6-4-9-2-1-5(6)3-8;/h1-2,4H,3,8H2;1H. The van der Waals surface area contributed by atoms with Crippen LogP contribution in [0.5, 0.6) is 0 Å². The molecule has 0 saturated heterocycles. The predicted molar refractivity (Wildman–Crippen MR) is 44.4 cm³/mol. The molecule has 0 aliphatic heterocycles. The topological polar surface area (TPSA) is 38.9 Å². The fraction of sp³-hybridized carbons (Fsp3) is 0.167. The Bertz CT molecular complexity index is 203. The first-order valence-corrected chi connectivity index (χ1v) is 3.01. The van der Waals surface area contributed by atoms with Crippen LogP contribution in [0.1, 0.15) is 5.56 Å². The van der Waals surface area contributed by atoms with Gasteiger partial charge in [0.2, 0.25) is 0 Å². The zero-order chi connectivity index (χ0) is 6.69. The first-order valence-electron chi connectivity index (χ1n) is 2.63. The van der Waals surface area contributed by atoms with Gasteiger partial charge in [0.1, 0.15) is 0 Å². The fourth-order valence-corrected chi connectivity index (χ4v) is 0.766. The second-order valence-electron chi connectivity index (χ2n) is 1.67. The number of aromatic nitrogens is 1. The highest BCUT2D eigenvalue weighted by atomic mass is 35.5. The third-order valence-electron chi connectivity index (χ3n) is 1.08. The Morgan fingerprint density at radius 1 is 1.60 bits per heavy atom. The monoisotopic (exact) mass is 178 g/mol. The molecule has 2 nitrogen and oxygen atoms in total. The van der Waals surface area contributed by atoms with Crippen LogP contribution >= 0.6 is 24.0 Å². The molecule has 0 amide bonds. The molecule has 0 aliphatic rings. The largest absolute Gasteiger partial charge is 0.326 e. The summed E-state index contributed by atoms with van der Waals surface area (Å²) < 4.78 is 0. The van der Waals surface area contributed by atoms with Crippen molar-refractivity contribution in [2.75, 3.05) is 0 Å². The minimum atomic E-state index is 0. The van der Waals surface area contributed by atoms with Gasteiger partial charge >= 0.3 is 0 Å². The van der Waals surface area contributed by atoms with Crippen molar-refractivity contribution in [3.63, 3.8) is 0 Å². The number of pyridine rings is 1. The molecule has 56 valence electrons. The second-order valence-corrected chi connectivity index (χ2v) is 2.08. The molecule has 0 unspecified atom stereocenters. The highest BCUT2D eigenvalue weighted by molar-refractivity contribution is 6.31. The van der Waals surface area contributed by atoms with Crippen LogP contribution in [0.25, 0.3) is 0 Å². The Hall–Kier alpha value is -0.310. The molecular weight excluding hydrogens is 171 g/mol. The van der Waals surface area contributed by atoms with E-state index in [1.165, 1.54) is 0 Å². The van der Waals surface area contributed by atoms with Crippen molar-refractivity contribution in [2.24, 2.45) is 5.73 Å². The first kappa shape index (κ1) is 9.69. The Morgan fingerprint density at radius 2 is 2.30 bits per heavy atom. The first-order chi connectivity index (χ1) is 4.34. The molecule has 1 heterocycles. The van der Waals surface area contributed by atoms with Crippen LogP contribution in [-0.4, -0.2) is 4.98 Å². The van der Waals surface area contributed by atoms with Crippen molar-refractivity contribution in [1.82, 2.24) is 4.98 Å². The number of halogens is 2. The van der Waals surface area contributed by atoms with Crippen LogP contribution in [0.3, 0.4) is 0 Å². The summed E-state index contributed by atoms with van der Waals surface area (Å²) in [6.45, 7) is 0.474. The zero-order valence-electron chi connectivity index (χ0n) is 5.25. The van der Waals surface area contributed by atoms with E-state index in [-0.39, 0.29) is 12.4 Å². The average Bonchev–Trinajstić information content (AvgIpc) is 1.89. The molecule has 2 N–H and O–H groups in total. The quantitative estimate of drug-likeness (QED) is 0.711. The lowest BCUT2D eigenvalue weighted by Gasteiger charge is -1.95. The summed E-state index contributed by atoms with van der Waals surface area (Å²) in [5.41, 5.74) is 6.28. The molecule has 0 atom stereocenters. The van der Waals surface area contributed by atoms with Crippen LogP contribution in [0.4, 0.5) is 0 Å². The third-order valence-corrected chi connectivity index (χ3v) is 1.42. The molecule has 10 heavy (non-hydrogen) atoms. The van der Waals surface area contributed by atoms with Crippen molar-refractivity contribution in [3.05, 3.63) is 29.0 Å². The SMILES string of the molecule is Cl.NCc1ccncc1Cl. The third kappa shape index (κ3) is 2.14. The summed E-state index contributed by atoms with van der Waals surface area (Å²) in [4.78, 5) is 3.81. The minimum Gasteiger partial charge on any atom is -0.326 e. The van der Waals surface area contributed by atoms with Crippen molar-refractivity contribution in [3.8, 4) is 0 Å². The van der Waals surface area contributed by atoms with Crippen molar-refractivity contribution >= 4 is 24.0 Å². The molecule has 0 radical (unpaired) electrons. The van der Waals surface area contributed by atoms with E-state index in [0.717, 1.165) is 5.56 Å². The maximum absolute atomic E-state index is 5.68.